The summed E-state index contributed by atoms with van der Waals surface area (Å²) in [5.74, 6) is -5.59. The van der Waals surface area contributed by atoms with Crippen LogP contribution in [0.25, 0.3) is 0 Å². The Labute approximate surface area is 209 Å². The Hall–Kier alpha value is -3.09. The van der Waals surface area contributed by atoms with Crippen molar-refractivity contribution < 1.29 is 37.6 Å². The van der Waals surface area contributed by atoms with Crippen molar-refractivity contribution in [3.63, 3.8) is 0 Å². The zero-order chi connectivity index (χ0) is 26.7. The lowest BCUT2D eigenvalue weighted by Gasteiger charge is -2.74. The third-order valence-corrected chi connectivity index (χ3v) is 7.73. The molecule has 3 aromatic rings. The number of alkyl halides is 2. The molecule has 1 unspecified atom stereocenters. The van der Waals surface area contributed by atoms with Crippen molar-refractivity contribution in [3.05, 3.63) is 71.6 Å². The predicted molar refractivity (Wildman–Crippen MR) is 121 cm³/mol. The van der Waals surface area contributed by atoms with Gasteiger partial charge in [0.25, 0.3) is 5.92 Å². The third kappa shape index (κ3) is 3.98. The van der Waals surface area contributed by atoms with Gasteiger partial charge in [0, 0.05) is 17.0 Å². The van der Waals surface area contributed by atoms with Crippen LogP contribution in [0.1, 0.15) is 37.3 Å². The molecule has 6 rings (SSSR count). The fraction of sp³-hybridized carbons (Fsp3) is 0.480. The molecule has 3 N–H and O–H groups in total. The van der Waals surface area contributed by atoms with E-state index in [2.05, 4.69) is 15.5 Å². The molecule has 8 nitrogen and oxygen atoms in total. The molecule has 0 saturated heterocycles. The van der Waals surface area contributed by atoms with E-state index < -0.39 is 58.3 Å². The summed E-state index contributed by atoms with van der Waals surface area (Å²) >= 11 is 0. The Balaban J connectivity index is 1.37. The van der Waals surface area contributed by atoms with Crippen LogP contribution in [0, 0.1) is 17.0 Å². The van der Waals surface area contributed by atoms with E-state index in [0.29, 0.717) is 11.8 Å². The predicted octanol–water partition coefficient (Wildman–Crippen LogP) is 2.72. The van der Waals surface area contributed by atoms with Crippen LogP contribution in [0.5, 0.6) is 5.75 Å². The van der Waals surface area contributed by atoms with Crippen molar-refractivity contribution in [3.8, 4) is 5.75 Å². The van der Waals surface area contributed by atoms with Gasteiger partial charge < -0.3 is 20.1 Å². The number of aliphatic hydroxyl groups excluding tert-OH is 1. The van der Waals surface area contributed by atoms with E-state index in [9.17, 15) is 19.0 Å². The molecule has 2 bridgehead atoms. The van der Waals surface area contributed by atoms with E-state index in [1.54, 1.807) is 24.3 Å². The first-order valence-corrected chi connectivity index (χ1v) is 11.7. The van der Waals surface area contributed by atoms with Gasteiger partial charge >= 0.3 is 0 Å². The maximum Gasteiger partial charge on any atom is 0.287 e. The van der Waals surface area contributed by atoms with E-state index in [1.165, 1.54) is 6.92 Å². The van der Waals surface area contributed by atoms with Gasteiger partial charge in [-0.15, -0.1) is 5.10 Å². The van der Waals surface area contributed by atoms with Gasteiger partial charge in [-0.2, -0.15) is 0 Å². The van der Waals surface area contributed by atoms with Crippen LogP contribution in [-0.2, 0) is 17.6 Å². The first kappa shape index (κ1) is 25.6. The van der Waals surface area contributed by atoms with Crippen LogP contribution in [0.15, 0.2) is 48.8 Å². The summed E-state index contributed by atoms with van der Waals surface area (Å²) in [6, 6.07) is 8.96. The van der Waals surface area contributed by atoms with Crippen LogP contribution in [0.3, 0.4) is 0 Å². The highest BCUT2D eigenvalue weighted by atomic mass is 19.3. The van der Waals surface area contributed by atoms with Crippen molar-refractivity contribution >= 4 is 0 Å². The average Bonchev–Trinajstić information content (AvgIpc) is 3.29. The largest absolute Gasteiger partial charge is 0.491 e. The summed E-state index contributed by atoms with van der Waals surface area (Å²) in [7, 11) is 0. The van der Waals surface area contributed by atoms with E-state index >= 15 is 8.78 Å². The number of halogens is 4. The smallest absolute Gasteiger partial charge is 0.287 e. The van der Waals surface area contributed by atoms with E-state index in [1.807, 2.05) is 0 Å². The maximum absolute atomic E-state index is 16.2. The molecule has 37 heavy (non-hydrogen) atoms. The molecule has 198 valence electrons. The average molecular weight is 522 g/mol. The molecule has 2 atom stereocenters. The topological polar surface area (TPSA) is 114 Å². The fourth-order valence-corrected chi connectivity index (χ4v) is 5.72. The second-order valence-corrected chi connectivity index (χ2v) is 10.6. The number of ether oxygens (including phenoxy) is 1. The third-order valence-electron chi connectivity index (χ3n) is 7.73. The Bertz CT molecular complexity index is 1270. The summed E-state index contributed by atoms with van der Waals surface area (Å²) in [6.07, 6.45) is 1.23. The number of benzene rings is 2. The zero-order valence-corrected chi connectivity index (χ0v) is 19.9. The Kier molecular flexibility index (Phi) is 5.85. The number of aromatic nitrogens is 4. The van der Waals surface area contributed by atoms with Gasteiger partial charge in [0.05, 0.1) is 13.2 Å². The molecule has 0 radical (unpaired) electrons. The minimum atomic E-state index is -3.80. The summed E-state index contributed by atoms with van der Waals surface area (Å²) in [4.78, 5) is 0. The lowest BCUT2D eigenvalue weighted by molar-refractivity contribution is -0.347. The number of aliphatic hydroxyl groups is 3. The van der Waals surface area contributed by atoms with Crippen molar-refractivity contribution in [1.82, 2.24) is 20.2 Å². The minimum Gasteiger partial charge on any atom is -0.491 e. The number of rotatable bonds is 10. The van der Waals surface area contributed by atoms with Crippen LogP contribution in [0.2, 0.25) is 0 Å². The first-order valence-electron chi connectivity index (χ1n) is 11.7. The molecule has 3 saturated carbocycles. The highest BCUT2D eigenvalue weighted by Crippen LogP contribution is 2.80. The number of hydrogen-bond acceptors (Lipinski definition) is 7. The standard InChI is InChI=1S/C25H26F4N4O4/c1-21(35,13-34)14-37-18-5-2-16(3-6-18)22-9-23(10-22,11-22)25(28,29)24(36,12-33-15-30-31-32-33)19-7-4-17(26)8-20(19)27/h2-8,15,34-36H,9-14H2,1H3/t21?,22?,23?,24-/m0/s1. The molecule has 3 fully saturated rings. The second-order valence-electron chi connectivity index (χ2n) is 10.6. The summed E-state index contributed by atoms with van der Waals surface area (Å²) in [5.41, 5.74) is -6.44. The van der Waals surface area contributed by atoms with E-state index in [4.69, 9.17) is 9.84 Å². The molecule has 2 aromatic carbocycles. The normalized spacial score (nSPS) is 25.9. The second kappa shape index (κ2) is 8.47. The maximum atomic E-state index is 16.2. The lowest BCUT2D eigenvalue weighted by Crippen LogP contribution is -2.76. The molecule has 0 spiro atoms. The molecule has 1 heterocycles. The molecule has 3 aliphatic rings. The minimum absolute atomic E-state index is 0.0627. The number of tetrazole rings is 1. The van der Waals surface area contributed by atoms with E-state index in [-0.39, 0.29) is 25.9 Å². The highest BCUT2D eigenvalue weighted by molar-refractivity contribution is 5.44. The van der Waals surface area contributed by atoms with Gasteiger partial charge in [0.1, 0.15) is 35.9 Å². The van der Waals surface area contributed by atoms with Crippen molar-refractivity contribution in [2.45, 2.75) is 55.3 Å². The van der Waals surface area contributed by atoms with Crippen molar-refractivity contribution in [2.24, 2.45) is 5.41 Å². The molecule has 0 aliphatic heterocycles. The fourth-order valence-electron chi connectivity index (χ4n) is 5.72. The summed E-state index contributed by atoms with van der Waals surface area (Å²) in [5, 5.41) is 40.8. The van der Waals surface area contributed by atoms with Crippen LogP contribution in [0.4, 0.5) is 17.6 Å². The first-order chi connectivity index (χ1) is 17.4. The highest BCUT2D eigenvalue weighted by Gasteiger charge is 2.82. The molecule has 12 heteroatoms. The number of hydrogen-bond donors (Lipinski definition) is 3. The molecular formula is C25H26F4N4O4. The van der Waals surface area contributed by atoms with Gasteiger partial charge in [0.2, 0.25) is 0 Å². The van der Waals surface area contributed by atoms with Crippen molar-refractivity contribution in [1.29, 1.82) is 0 Å². The van der Waals surface area contributed by atoms with Gasteiger partial charge in [-0.1, -0.05) is 12.1 Å². The molecule has 1 aromatic heterocycles. The lowest BCUT2D eigenvalue weighted by atomic mass is 9.30. The van der Waals surface area contributed by atoms with Gasteiger partial charge in [-0.3, -0.25) is 0 Å². The Morgan fingerprint density at radius 2 is 1.73 bits per heavy atom. The molecular weight excluding hydrogens is 496 g/mol. The van der Waals surface area contributed by atoms with Gasteiger partial charge in [0.15, 0.2) is 5.60 Å². The SMILES string of the molecule is CC(O)(CO)COc1ccc(C23CC(C(F)(F)[C@](O)(Cn4cnnn4)c4ccc(F)cc4F)(C2)C3)cc1. The van der Waals surface area contributed by atoms with Gasteiger partial charge in [-0.05, 0) is 71.9 Å². The van der Waals surface area contributed by atoms with Crippen LogP contribution >= 0.6 is 0 Å². The number of nitrogens with zero attached hydrogens (tertiary/aromatic N) is 4. The van der Waals surface area contributed by atoms with Gasteiger partial charge in [-0.25, -0.2) is 22.2 Å². The van der Waals surface area contributed by atoms with Crippen molar-refractivity contribution in [2.75, 3.05) is 13.2 Å². The quantitative estimate of drug-likeness (QED) is 0.351. The molecule has 3 aliphatic carbocycles. The Morgan fingerprint density at radius 1 is 1.05 bits per heavy atom. The summed E-state index contributed by atoms with van der Waals surface area (Å²) < 4.78 is 67.1. The van der Waals surface area contributed by atoms with Crippen LogP contribution in [-0.4, -0.2) is 60.3 Å². The zero-order valence-electron chi connectivity index (χ0n) is 19.9. The Morgan fingerprint density at radius 3 is 2.30 bits per heavy atom. The van der Waals surface area contributed by atoms with E-state index in [0.717, 1.165) is 28.7 Å². The summed E-state index contributed by atoms with van der Waals surface area (Å²) in [6.45, 7) is 0.0182. The monoisotopic (exact) mass is 522 g/mol. The van der Waals surface area contributed by atoms with Crippen LogP contribution < -0.4 is 4.74 Å². The molecule has 0 amide bonds.